The van der Waals surface area contributed by atoms with E-state index in [0.29, 0.717) is 0 Å². The SMILES string of the molecule is COc1ccc2cc(C3(C)CC(=O)NC3=O)ccc2c1. The van der Waals surface area contributed by atoms with Crippen molar-refractivity contribution in [1.29, 1.82) is 0 Å². The molecule has 1 saturated heterocycles. The molecule has 102 valence electrons. The van der Waals surface area contributed by atoms with Gasteiger partial charge in [-0.25, -0.2) is 0 Å². The fourth-order valence-corrected chi connectivity index (χ4v) is 2.64. The fraction of sp³-hybridized carbons (Fsp3) is 0.250. The van der Waals surface area contributed by atoms with E-state index in [1.807, 2.05) is 36.4 Å². The van der Waals surface area contributed by atoms with E-state index in [4.69, 9.17) is 4.74 Å². The van der Waals surface area contributed by atoms with Crippen molar-refractivity contribution in [2.75, 3.05) is 7.11 Å². The number of imide groups is 1. The first-order chi connectivity index (χ1) is 9.53. The molecule has 2 aromatic rings. The first-order valence-electron chi connectivity index (χ1n) is 6.45. The molecule has 2 aromatic carbocycles. The number of hydrogen-bond acceptors (Lipinski definition) is 3. The topological polar surface area (TPSA) is 55.4 Å². The Morgan fingerprint density at radius 3 is 2.45 bits per heavy atom. The summed E-state index contributed by atoms with van der Waals surface area (Å²) in [4.78, 5) is 23.4. The summed E-state index contributed by atoms with van der Waals surface area (Å²) >= 11 is 0. The standard InChI is InChI=1S/C16H15NO3/c1-16(9-14(18)17-15(16)19)12-5-3-11-8-13(20-2)6-4-10(11)7-12/h3-8H,9H2,1-2H3,(H,17,18,19). The van der Waals surface area contributed by atoms with Crippen LogP contribution in [0.1, 0.15) is 18.9 Å². The molecule has 0 radical (unpaired) electrons. The molecule has 1 unspecified atom stereocenters. The molecule has 2 amide bonds. The number of methoxy groups -OCH3 is 1. The van der Waals surface area contributed by atoms with Gasteiger partial charge in [0.1, 0.15) is 5.75 Å². The number of amides is 2. The maximum atomic E-state index is 12.0. The van der Waals surface area contributed by atoms with Gasteiger partial charge in [-0.05, 0) is 35.4 Å². The molecule has 1 heterocycles. The van der Waals surface area contributed by atoms with E-state index in [1.165, 1.54) is 0 Å². The van der Waals surface area contributed by atoms with Crippen LogP contribution in [0.4, 0.5) is 0 Å². The molecule has 20 heavy (non-hydrogen) atoms. The number of hydrogen-bond donors (Lipinski definition) is 1. The molecule has 0 aromatic heterocycles. The van der Waals surface area contributed by atoms with Crippen LogP contribution >= 0.6 is 0 Å². The van der Waals surface area contributed by atoms with Crippen molar-refractivity contribution < 1.29 is 14.3 Å². The molecule has 0 saturated carbocycles. The van der Waals surface area contributed by atoms with Crippen molar-refractivity contribution in [3.63, 3.8) is 0 Å². The van der Waals surface area contributed by atoms with E-state index in [2.05, 4.69) is 5.32 Å². The molecule has 0 aliphatic carbocycles. The molecule has 4 heteroatoms. The molecule has 1 aliphatic rings. The van der Waals surface area contributed by atoms with Crippen molar-refractivity contribution in [2.24, 2.45) is 0 Å². The normalized spacial score (nSPS) is 22.1. The van der Waals surface area contributed by atoms with Crippen molar-refractivity contribution >= 4 is 22.6 Å². The van der Waals surface area contributed by atoms with Gasteiger partial charge in [0.25, 0.3) is 0 Å². The first kappa shape index (κ1) is 12.7. The van der Waals surface area contributed by atoms with Crippen LogP contribution in [0.15, 0.2) is 36.4 Å². The van der Waals surface area contributed by atoms with Gasteiger partial charge in [0.15, 0.2) is 0 Å². The summed E-state index contributed by atoms with van der Waals surface area (Å²) in [5.41, 5.74) is 0.0871. The molecule has 1 fully saturated rings. The molecule has 3 rings (SSSR count). The zero-order valence-corrected chi connectivity index (χ0v) is 11.4. The third-order valence-corrected chi connectivity index (χ3v) is 3.95. The highest BCUT2D eigenvalue weighted by molar-refractivity contribution is 6.09. The Morgan fingerprint density at radius 1 is 1.10 bits per heavy atom. The molecular weight excluding hydrogens is 254 g/mol. The Labute approximate surface area is 116 Å². The summed E-state index contributed by atoms with van der Waals surface area (Å²) in [6.45, 7) is 1.80. The summed E-state index contributed by atoms with van der Waals surface area (Å²) < 4.78 is 5.19. The average Bonchev–Trinajstić information content (AvgIpc) is 2.71. The zero-order valence-electron chi connectivity index (χ0n) is 11.4. The van der Waals surface area contributed by atoms with E-state index >= 15 is 0 Å². The minimum atomic E-state index is -0.773. The van der Waals surface area contributed by atoms with E-state index in [9.17, 15) is 9.59 Å². The highest BCUT2D eigenvalue weighted by atomic mass is 16.5. The monoisotopic (exact) mass is 269 g/mol. The quantitative estimate of drug-likeness (QED) is 0.850. The maximum Gasteiger partial charge on any atom is 0.237 e. The number of benzene rings is 2. The number of carbonyl (C=O) groups is 2. The van der Waals surface area contributed by atoms with Gasteiger partial charge in [0, 0.05) is 6.42 Å². The van der Waals surface area contributed by atoms with Gasteiger partial charge in [-0.3, -0.25) is 14.9 Å². The lowest BCUT2D eigenvalue weighted by atomic mass is 9.80. The summed E-state index contributed by atoms with van der Waals surface area (Å²) in [5.74, 6) is 0.355. The number of rotatable bonds is 2. The van der Waals surface area contributed by atoms with Gasteiger partial charge in [-0.2, -0.15) is 0 Å². The van der Waals surface area contributed by atoms with E-state index in [0.717, 1.165) is 22.1 Å². The third kappa shape index (κ3) is 1.84. The van der Waals surface area contributed by atoms with Gasteiger partial charge >= 0.3 is 0 Å². The van der Waals surface area contributed by atoms with Crippen LogP contribution in [0.3, 0.4) is 0 Å². The Kier molecular flexibility index (Phi) is 2.74. The van der Waals surface area contributed by atoms with Crippen LogP contribution in [0.5, 0.6) is 5.75 Å². The second kappa shape index (κ2) is 4.34. The molecular formula is C16H15NO3. The van der Waals surface area contributed by atoms with Gasteiger partial charge in [0.2, 0.25) is 11.8 Å². The minimum Gasteiger partial charge on any atom is -0.497 e. The summed E-state index contributed by atoms with van der Waals surface area (Å²) in [6.07, 6.45) is 0.202. The largest absolute Gasteiger partial charge is 0.497 e. The van der Waals surface area contributed by atoms with Crippen molar-refractivity contribution in [3.8, 4) is 5.75 Å². The molecule has 0 spiro atoms. The number of nitrogens with one attached hydrogen (secondary N) is 1. The van der Waals surface area contributed by atoms with Gasteiger partial charge in [-0.1, -0.05) is 24.3 Å². The summed E-state index contributed by atoms with van der Waals surface area (Å²) in [6, 6.07) is 11.6. The van der Waals surface area contributed by atoms with E-state index in [-0.39, 0.29) is 18.2 Å². The second-order valence-corrected chi connectivity index (χ2v) is 5.31. The lowest BCUT2D eigenvalue weighted by Crippen LogP contribution is -2.32. The van der Waals surface area contributed by atoms with E-state index < -0.39 is 5.41 Å². The van der Waals surface area contributed by atoms with Gasteiger partial charge in [-0.15, -0.1) is 0 Å². The van der Waals surface area contributed by atoms with Crippen LogP contribution in [0.2, 0.25) is 0 Å². The molecule has 4 nitrogen and oxygen atoms in total. The Bertz CT molecular complexity index is 723. The van der Waals surface area contributed by atoms with Crippen molar-refractivity contribution in [1.82, 2.24) is 5.32 Å². The predicted octanol–water partition coefficient (Wildman–Crippen LogP) is 2.15. The highest BCUT2D eigenvalue weighted by Crippen LogP contribution is 2.34. The van der Waals surface area contributed by atoms with Crippen LogP contribution in [0.25, 0.3) is 10.8 Å². The third-order valence-electron chi connectivity index (χ3n) is 3.95. The van der Waals surface area contributed by atoms with Crippen molar-refractivity contribution in [2.45, 2.75) is 18.8 Å². The Morgan fingerprint density at radius 2 is 1.80 bits per heavy atom. The molecule has 1 atom stereocenters. The lowest BCUT2D eigenvalue weighted by molar-refractivity contribution is -0.126. The predicted molar refractivity (Wildman–Crippen MR) is 75.6 cm³/mol. The minimum absolute atomic E-state index is 0.202. The van der Waals surface area contributed by atoms with Crippen LogP contribution < -0.4 is 10.1 Å². The molecule has 1 N–H and O–H groups in total. The lowest BCUT2D eigenvalue weighted by Gasteiger charge is -2.20. The number of ether oxygens (including phenoxy) is 1. The van der Waals surface area contributed by atoms with Crippen molar-refractivity contribution in [3.05, 3.63) is 42.0 Å². The van der Waals surface area contributed by atoms with Crippen LogP contribution in [0, 0.1) is 0 Å². The maximum absolute atomic E-state index is 12.0. The van der Waals surface area contributed by atoms with Gasteiger partial charge in [0.05, 0.1) is 12.5 Å². The smallest absolute Gasteiger partial charge is 0.237 e. The highest BCUT2D eigenvalue weighted by Gasteiger charge is 2.43. The van der Waals surface area contributed by atoms with Gasteiger partial charge < -0.3 is 4.74 Å². The number of carbonyl (C=O) groups excluding carboxylic acids is 2. The first-order valence-corrected chi connectivity index (χ1v) is 6.45. The zero-order chi connectivity index (χ0) is 14.3. The second-order valence-electron chi connectivity index (χ2n) is 5.31. The van der Waals surface area contributed by atoms with E-state index in [1.54, 1.807) is 14.0 Å². The molecule has 1 aliphatic heterocycles. The number of fused-ring (bicyclic) bond motifs is 1. The fourth-order valence-electron chi connectivity index (χ4n) is 2.64. The summed E-state index contributed by atoms with van der Waals surface area (Å²) in [5, 5.41) is 4.44. The molecule has 0 bridgehead atoms. The van der Waals surface area contributed by atoms with Crippen LogP contribution in [-0.2, 0) is 15.0 Å². The van der Waals surface area contributed by atoms with Crippen LogP contribution in [-0.4, -0.2) is 18.9 Å². The summed E-state index contributed by atoms with van der Waals surface area (Å²) in [7, 11) is 1.63. The Hall–Kier alpha value is -2.36. The average molecular weight is 269 g/mol. The Balaban J connectivity index is 2.09.